The molecule has 32 heavy (non-hydrogen) atoms. The van der Waals surface area contributed by atoms with Crippen molar-refractivity contribution in [3.63, 3.8) is 0 Å². The number of pyridine rings is 1. The smallest absolute Gasteiger partial charge is 0.404 e. The molecule has 1 fully saturated rings. The topological polar surface area (TPSA) is 70.1 Å². The number of halogens is 2. The Morgan fingerprint density at radius 1 is 1.12 bits per heavy atom. The maximum atomic E-state index is 11.4. The summed E-state index contributed by atoms with van der Waals surface area (Å²) in [6, 6.07) is 9.59. The highest BCUT2D eigenvalue weighted by Gasteiger charge is 2.26. The van der Waals surface area contributed by atoms with E-state index in [9.17, 15) is 4.79 Å². The molecule has 168 valence electrons. The standard InChI is InChI=1S/C24H25Cl2N3O2S/c25-19-10-20(26)12-21(11-19)32-23-22(17-4-2-1-3-5-17)18(15-31-24(27)30)14-29(23)13-16-6-8-28-9-7-16/h6-12,14,17H,1-5,13,15H2,(H2,27,30). The number of benzene rings is 1. The van der Waals surface area contributed by atoms with Crippen molar-refractivity contribution >= 4 is 41.1 Å². The van der Waals surface area contributed by atoms with Crippen molar-refractivity contribution in [2.45, 2.75) is 61.1 Å². The van der Waals surface area contributed by atoms with Crippen LogP contribution in [0.5, 0.6) is 0 Å². The van der Waals surface area contributed by atoms with Crippen molar-refractivity contribution in [1.29, 1.82) is 0 Å². The third kappa shape index (κ3) is 5.80. The van der Waals surface area contributed by atoms with E-state index in [2.05, 4.69) is 15.7 Å². The lowest BCUT2D eigenvalue weighted by Gasteiger charge is -2.24. The minimum atomic E-state index is -0.766. The van der Waals surface area contributed by atoms with Gasteiger partial charge in [0.2, 0.25) is 0 Å². The van der Waals surface area contributed by atoms with Crippen molar-refractivity contribution in [1.82, 2.24) is 9.55 Å². The number of carbonyl (C=O) groups excluding carboxylic acids is 1. The summed E-state index contributed by atoms with van der Waals surface area (Å²) in [4.78, 5) is 16.5. The lowest BCUT2D eigenvalue weighted by Crippen LogP contribution is -2.14. The monoisotopic (exact) mass is 489 g/mol. The second kappa shape index (κ2) is 10.6. The van der Waals surface area contributed by atoms with Crippen LogP contribution in [-0.2, 0) is 17.9 Å². The second-order valence-corrected chi connectivity index (χ2v) is 9.94. The molecular weight excluding hydrogens is 465 g/mol. The number of nitrogens with two attached hydrogens (primary N) is 1. The van der Waals surface area contributed by atoms with Gasteiger partial charge in [0.05, 0.1) is 5.03 Å². The Balaban J connectivity index is 1.79. The molecule has 4 rings (SSSR count). The quantitative estimate of drug-likeness (QED) is 0.386. The van der Waals surface area contributed by atoms with Crippen LogP contribution in [0.4, 0.5) is 4.79 Å². The SMILES string of the molecule is NC(=O)OCc1cn(Cc2ccncc2)c(Sc2cc(Cl)cc(Cl)c2)c1C1CCCCC1. The lowest BCUT2D eigenvalue weighted by atomic mass is 9.84. The Morgan fingerprint density at radius 3 is 2.47 bits per heavy atom. The summed E-state index contributed by atoms with van der Waals surface area (Å²) in [5, 5.41) is 2.32. The van der Waals surface area contributed by atoms with Gasteiger partial charge in [0, 0.05) is 45.6 Å². The second-order valence-electron chi connectivity index (χ2n) is 8.01. The first-order valence-corrected chi connectivity index (χ1v) is 12.2. The van der Waals surface area contributed by atoms with Gasteiger partial charge in [-0.25, -0.2) is 4.79 Å². The molecule has 0 spiro atoms. The molecule has 2 aromatic heterocycles. The van der Waals surface area contributed by atoms with E-state index >= 15 is 0 Å². The number of ether oxygens (including phenoxy) is 1. The summed E-state index contributed by atoms with van der Waals surface area (Å²) in [5.74, 6) is 0.408. The van der Waals surface area contributed by atoms with Crippen LogP contribution in [0.25, 0.3) is 0 Å². The first-order chi connectivity index (χ1) is 15.5. The van der Waals surface area contributed by atoms with Gasteiger partial charge in [0.25, 0.3) is 0 Å². The van der Waals surface area contributed by atoms with Crippen molar-refractivity contribution < 1.29 is 9.53 Å². The maximum absolute atomic E-state index is 11.4. The van der Waals surface area contributed by atoms with Crippen LogP contribution in [0.3, 0.4) is 0 Å². The molecule has 0 aliphatic heterocycles. The first-order valence-electron chi connectivity index (χ1n) is 10.7. The van der Waals surface area contributed by atoms with E-state index in [1.165, 1.54) is 24.8 Å². The lowest BCUT2D eigenvalue weighted by molar-refractivity contribution is 0.149. The Morgan fingerprint density at radius 2 is 1.81 bits per heavy atom. The van der Waals surface area contributed by atoms with Gasteiger partial charge in [-0.15, -0.1) is 0 Å². The molecule has 1 aliphatic rings. The van der Waals surface area contributed by atoms with Crippen LogP contribution in [-0.4, -0.2) is 15.6 Å². The maximum Gasteiger partial charge on any atom is 0.404 e. The predicted octanol–water partition coefficient (Wildman–Crippen LogP) is 7.03. The molecule has 1 aromatic carbocycles. The van der Waals surface area contributed by atoms with Crippen molar-refractivity contribution in [3.05, 3.63) is 75.7 Å². The fourth-order valence-electron chi connectivity index (χ4n) is 4.32. The summed E-state index contributed by atoms with van der Waals surface area (Å²) in [6.45, 7) is 0.837. The fourth-order valence-corrected chi connectivity index (χ4v) is 6.21. The van der Waals surface area contributed by atoms with E-state index in [0.717, 1.165) is 33.9 Å². The summed E-state index contributed by atoms with van der Waals surface area (Å²) >= 11 is 14.2. The molecule has 0 bridgehead atoms. The molecule has 1 saturated carbocycles. The van der Waals surface area contributed by atoms with Gasteiger partial charge in [0.15, 0.2) is 0 Å². The third-order valence-corrected chi connectivity index (χ3v) is 7.24. The zero-order valence-corrected chi connectivity index (χ0v) is 19.9. The summed E-state index contributed by atoms with van der Waals surface area (Å²) in [5.41, 5.74) is 8.66. The highest BCUT2D eigenvalue weighted by molar-refractivity contribution is 7.99. The minimum Gasteiger partial charge on any atom is -0.445 e. The average molecular weight is 490 g/mol. The van der Waals surface area contributed by atoms with Gasteiger partial charge >= 0.3 is 6.09 Å². The number of rotatable bonds is 7. The molecule has 2 N–H and O–H groups in total. The Hall–Kier alpha value is -2.15. The number of carbonyl (C=O) groups is 1. The number of amides is 1. The summed E-state index contributed by atoms with van der Waals surface area (Å²) in [6.07, 6.45) is 10.8. The van der Waals surface area contributed by atoms with Gasteiger partial charge in [-0.05, 0) is 60.2 Å². The van der Waals surface area contributed by atoms with Gasteiger partial charge in [-0.3, -0.25) is 4.98 Å². The van der Waals surface area contributed by atoms with Gasteiger partial charge in [-0.1, -0.05) is 54.2 Å². The predicted molar refractivity (Wildman–Crippen MR) is 129 cm³/mol. The van der Waals surface area contributed by atoms with Crippen LogP contribution in [0.15, 0.2) is 58.8 Å². The summed E-state index contributed by atoms with van der Waals surface area (Å²) < 4.78 is 7.45. The normalized spacial score (nSPS) is 14.4. The zero-order chi connectivity index (χ0) is 22.5. The van der Waals surface area contributed by atoms with Crippen LogP contribution in [0.1, 0.15) is 54.7 Å². The van der Waals surface area contributed by atoms with E-state index in [4.69, 9.17) is 33.7 Å². The Labute approximate surface area is 202 Å². The van der Waals surface area contributed by atoms with Gasteiger partial charge < -0.3 is 15.0 Å². The van der Waals surface area contributed by atoms with Crippen LogP contribution in [0, 0.1) is 0 Å². The zero-order valence-electron chi connectivity index (χ0n) is 17.6. The van der Waals surface area contributed by atoms with Gasteiger partial charge in [0.1, 0.15) is 6.61 Å². The van der Waals surface area contributed by atoms with Crippen LogP contribution < -0.4 is 5.73 Å². The Kier molecular flexibility index (Phi) is 7.66. The van der Waals surface area contributed by atoms with E-state index in [1.807, 2.05) is 24.3 Å². The molecule has 0 unspecified atom stereocenters. The molecule has 8 heteroatoms. The van der Waals surface area contributed by atoms with E-state index in [0.29, 0.717) is 22.5 Å². The van der Waals surface area contributed by atoms with Crippen molar-refractivity contribution in [2.24, 2.45) is 5.73 Å². The average Bonchev–Trinajstić information content (AvgIpc) is 3.09. The van der Waals surface area contributed by atoms with E-state index in [-0.39, 0.29) is 6.61 Å². The molecule has 1 aliphatic carbocycles. The van der Waals surface area contributed by atoms with E-state index < -0.39 is 6.09 Å². The number of aromatic nitrogens is 2. The molecule has 3 aromatic rings. The first kappa shape index (κ1) is 23.0. The molecular formula is C24H25Cl2N3O2S. The van der Waals surface area contributed by atoms with Crippen molar-refractivity contribution in [2.75, 3.05) is 0 Å². The number of nitrogens with zero attached hydrogens (tertiary/aromatic N) is 2. The molecule has 2 heterocycles. The van der Waals surface area contributed by atoms with Gasteiger partial charge in [-0.2, -0.15) is 0 Å². The summed E-state index contributed by atoms with van der Waals surface area (Å²) in [7, 11) is 0. The molecule has 0 atom stereocenters. The highest BCUT2D eigenvalue weighted by atomic mass is 35.5. The number of hydrogen-bond acceptors (Lipinski definition) is 4. The number of hydrogen-bond donors (Lipinski definition) is 1. The van der Waals surface area contributed by atoms with Crippen LogP contribution >= 0.6 is 35.0 Å². The Bertz CT molecular complexity index is 1060. The van der Waals surface area contributed by atoms with Crippen LogP contribution in [0.2, 0.25) is 10.0 Å². The highest BCUT2D eigenvalue weighted by Crippen LogP contribution is 2.44. The molecule has 0 radical (unpaired) electrons. The number of primary amides is 1. The fraction of sp³-hybridized carbons (Fsp3) is 0.333. The molecule has 5 nitrogen and oxygen atoms in total. The largest absolute Gasteiger partial charge is 0.445 e. The molecule has 1 amide bonds. The van der Waals surface area contributed by atoms with E-state index in [1.54, 1.807) is 30.2 Å². The molecule has 0 saturated heterocycles. The third-order valence-electron chi connectivity index (χ3n) is 5.69. The minimum absolute atomic E-state index is 0.161. The van der Waals surface area contributed by atoms with Crippen molar-refractivity contribution in [3.8, 4) is 0 Å².